The number of rotatable bonds is 5. The first kappa shape index (κ1) is 20.3. The van der Waals surface area contributed by atoms with Gasteiger partial charge < -0.3 is 10.2 Å². The molecule has 3 aromatic heterocycles. The lowest BCUT2D eigenvalue weighted by molar-refractivity contribution is -0.120. The summed E-state index contributed by atoms with van der Waals surface area (Å²) in [5, 5.41) is 4.90. The van der Waals surface area contributed by atoms with Crippen molar-refractivity contribution in [3.63, 3.8) is 0 Å². The Kier molecular flexibility index (Phi) is 6.28. The lowest BCUT2D eigenvalue weighted by Crippen LogP contribution is -2.29. The molecule has 4 rings (SSSR count). The van der Waals surface area contributed by atoms with Crippen molar-refractivity contribution in [2.75, 3.05) is 25.0 Å². The molecule has 0 aromatic carbocycles. The zero-order valence-electron chi connectivity index (χ0n) is 17.6. The molecule has 1 saturated heterocycles. The standard InChI is InChI=1S/C23H28N6O/c1-16(2)15-29-8-3-4-17(5-9-29)23(30)28-22-11-18-10-20(21-14-24-6-7-25-21)26-12-19(18)13-27-22/h6-7,10-14,16-17H,3-5,8-9,15H2,1-2H3,(H,27,28,30). The SMILES string of the molecule is CC(C)CN1CCCC(C(=O)Nc2cc3cc(-c4cnccn4)ncc3cn2)CC1. The summed E-state index contributed by atoms with van der Waals surface area (Å²) in [7, 11) is 0. The third kappa shape index (κ3) is 4.97. The predicted octanol–water partition coefficient (Wildman–Crippen LogP) is 3.78. The number of likely N-dealkylation sites (tertiary alicyclic amines) is 1. The molecule has 1 aliphatic heterocycles. The van der Waals surface area contributed by atoms with Gasteiger partial charge in [0.25, 0.3) is 0 Å². The van der Waals surface area contributed by atoms with Crippen LogP contribution in [0, 0.1) is 11.8 Å². The molecule has 0 bridgehead atoms. The van der Waals surface area contributed by atoms with Crippen LogP contribution in [0.2, 0.25) is 0 Å². The summed E-state index contributed by atoms with van der Waals surface area (Å²) in [4.78, 5) is 32.6. The fourth-order valence-corrected chi connectivity index (χ4v) is 4.02. The maximum Gasteiger partial charge on any atom is 0.228 e. The van der Waals surface area contributed by atoms with Crippen LogP contribution in [0.4, 0.5) is 5.82 Å². The van der Waals surface area contributed by atoms with Crippen molar-refractivity contribution >= 4 is 22.5 Å². The van der Waals surface area contributed by atoms with E-state index in [1.165, 1.54) is 0 Å². The van der Waals surface area contributed by atoms with Gasteiger partial charge in [0.15, 0.2) is 0 Å². The van der Waals surface area contributed by atoms with E-state index in [-0.39, 0.29) is 11.8 Å². The zero-order chi connectivity index (χ0) is 20.9. The first-order chi connectivity index (χ1) is 14.6. The molecule has 1 N–H and O–H groups in total. The molecule has 1 aliphatic rings. The molecule has 1 atom stereocenters. The number of nitrogens with one attached hydrogen (secondary N) is 1. The van der Waals surface area contributed by atoms with Gasteiger partial charge in [0.1, 0.15) is 11.5 Å². The van der Waals surface area contributed by atoms with Gasteiger partial charge in [-0.3, -0.25) is 19.7 Å². The second kappa shape index (κ2) is 9.26. The molecule has 30 heavy (non-hydrogen) atoms. The minimum absolute atomic E-state index is 0.0345. The van der Waals surface area contributed by atoms with Gasteiger partial charge >= 0.3 is 0 Å². The number of nitrogens with zero attached hydrogens (tertiary/aromatic N) is 5. The van der Waals surface area contributed by atoms with Crippen LogP contribution in [-0.4, -0.2) is 50.4 Å². The van der Waals surface area contributed by atoms with Crippen molar-refractivity contribution in [1.82, 2.24) is 24.8 Å². The molecular weight excluding hydrogens is 376 g/mol. The van der Waals surface area contributed by atoms with E-state index in [9.17, 15) is 4.79 Å². The molecule has 156 valence electrons. The molecule has 0 spiro atoms. The van der Waals surface area contributed by atoms with Gasteiger partial charge in [-0.15, -0.1) is 0 Å². The molecule has 1 unspecified atom stereocenters. The van der Waals surface area contributed by atoms with Gasteiger partial charge in [-0.25, -0.2) is 4.98 Å². The Hall–Kier alpha value is -2.93. The van der Waals surface area contributed by atoms with Gasteiger partial charge in [0, 0.05) is 42.6 Å². The minimum atomic E-state index is 0.0345. The van der Waals surface area contributed by atoms with Gasteiger partial charge in [-0.2, -0.15) is 0 Å². The summed E-state index contributed by atoms with van der Waals surface area (Å²) >= 11 is 0. The van der Waals surface area contributed by atoms with Crippen molar-refractivity contribution in [2.24, 2.45) is 11.8 Å². The van der Waals surface area contributed by atoms with E-state index in [0.717, 1.165) is 55.4 Å². The van der Waals surface area contributed by atoms with Crippen LogP contribution in [0.5, 0.6) is 0 Å². The summed E-state index contributed by atoms with van der Waals surface area (Å²) in [5.74, 6) is 1.33. The third-order valence-corrected chi connectivity index (χ3v) is 5.49. The lowest BCUT2D eigenvalue weighted by atomic mass is 10.00. The number of aromatic nitrogens is 4. The minimum Gasteiger partial charge on any atom is -0.310 e. The Morgan fingerprint density at radius 2 is 1.90 bits per heavy atom. The fourth-order valence-electron chi connectivity index (χ4n) is 4.02. The van der Waals surface area contributed by atoms with Gasteiger partial charge in [-0.05, 0) is 55.8 Å². The first-order valence-corrected chi connectivity index (χ1v) is 10.6. The highest BCUT2D eigenvalue weighted by Crippen LogP contribution is 2.23. The monoisotopic (exact) mass is 404 g/mol. The maximum absolute atomic E-state index is 12.9. The van der Waals surface area contributed by atoms with E-state index in [1.807, 2.05) is 12.1 Å². The molecule has 4 heterocycles. The summed E-state index contributed by atoms with van der Waals surface area (Å²) in [6.45, 7) is 7.64. The first-order valence-electron chi connectivity index (χ1n) is 10.6. The fraction of sp³-hybridized carbons (Fsp3) is 0.435. The van der Waals surface area contributed by atoms with Crippen LogP contribution in [0.1, 0.15) is 33.1 Å². The van der Waals surface area contributed by atoms with Gasteiger partial charge in [-0.1, -0.05) is 13.8 Å². The second-order valence-corrected chi connectivity index (χ2v) is 8.39. The van der Waals surface area contributed by atoms with E-state index in [0.29, 0.717) is 17.4 Å². The van der Waals surface area contributed by atoms with Crippen LogP contribution in [0.25, 0.3) is 22.2 Å². The number of anilines is 1. The van der Waals surface area contributed by atoms with Crippen molar-refractivity contribution in [2.45, 2.75) is 33.1 Å². The van der Waals surface area contributed by atoms with E-state index < -0.39 is 0 Å². The van der Waals surface area contributed by atoms with Crippen molar-refractivity contribution < 1.29 is 4.79 Å². The summed E-state index contributed by atoms with van der Waals surface area (Å²) < 4.78 is 0. The maximum atomic E-state index is 12.9. The second-order valence-electron chi connectivity index (χ2n) is 8.39. The van der Waals surface area contributed by atoms with Crippen LogP contribution < -0.4 is 5.32 Å². The Labute approximate surface area is 177 Å². The Morgan fingerprint density at radius 3 is 2.70 bits per heavy atom. The van der Waals surface area contributed by atoms with E-state index >= 15 is 0 Å². The number of hydrogen-bond donors (Lipinski definition) is 1. The van der Waals surface area contributed by atoms with Crippen LogP contribution in [-0.2, 0) is 4.79 Å². The Morgan fingerprint density at radius 1 is 1.03 bits per heavy atom. The number of hydrogen-bond acceptors (Lipinski definition) is 6. The highest BCUT2D eigenvalue weighted by Gasteiger charge is 2.23. The smallest absolute Gasteiger partial charge is 0.228 e. The zero-order valence-corrected chi connectivity index (χ0v) is 17.6. The number of pyridine rings is 2. The Bertz CT molecular complexity index is 1010. The topological polar surface area (TPSA) is 83.9 Å². The molecule has 1 amide bonds. The highest BCUT2D eigenvalue weighted by molar-refractivity contribution is 5.94. The Balaban J connectivity index is 1.46. The van der Waals surface area contributed by atoms with E-state index in [2.05, 4.69) is 44.0 Å². The number of carbonyl (C=O) groups excluding carboxylic acids is 1. The normalized spacial score (nSPS) is 17.8. The third-order valence-electron chi connectivity index (χ3n) is 5.49. The predicted molar refractivity (Wildman–Crippen MR) is 118 cm³/mol. The molecule has 0 radical (unpaired) electrons. The molecule has 7 heteroatoms. The van der Waals surface area contributed by atoms with E-state index in [1.54, 1.807) is 31.0 Å². The van der Waals surface area contributed by atoms with Crippen LogP contribution in [0.15, 0.2) is 43.1 Å². The van der Waals surface area contributed by atoms with E-state index in [4.69, 9.17) is 0 Å². The van der Waals surface area contributed by atoms with Crippen molar-refractivity contribution in [3.8, 4) is 11.4 Å². The summed E-state index contributed by atoms with van der Waals surface area (Å²) in [6.07, 6.45) is 11.4. The highest BCUT2D eigenvalue weighted by atomic mass is 16.1. The molecular formula is C23H28N6O. The van der Waals surface area contributed by atoms with Crippen molar-refractivity contribution in [1.29, 1.82) is 0 Å². The number of carbonyl (C=O) groups is 1. The molecule has 0 saturated carbocycles. The average Bonchev–Trinajstić information content (AvgIpc) is 2.99. The molecule has 0 aliphatic carbocycles. The molecule has 1 fully saturated rings. The van der Waals surface area contributed by atoms with Crippen LogP contribution in [0.3, 0.4) is 0 Å². The summed E-state index contributed by atoms with van der Waals surface area (Å²) in [5.41, 5.74) is 1.46. The van der Waals surface area contributed by atoms with Crippen molar-refractivity contribution in [3.05, 3.63) is 43.1 Å². The molecule has 3 aromatic rings. The van der Waals surface area contributed by atoms with Crippen LogP contribution >= 0.6 is 0 Å². The number of amides is 1. The molecule has 7 nitrogen and oxygen atoms in total. The average molecular weight is 405 g/mol. The number of fused-ring (bicyclic) bond motifs is 1. The van der Waals surface area contributed by atoms with Gasteiger partial charge in [0.2, 0.25) is 5.91 Å². The van der Waals surface area contributed by atoms with Gasteiger partial charge in [0.05, 0.1) is 11.9 Å². The largest absolute Gasteiger partial charge is 0.310 e. The summed E-state index contributed by atoms with van der Waals surface area (Å²) in [6, 6.07) is 3.85. The lowest BCUT2D eigenvalue weighted by Gasteiger charge is -2.22. The quantitative estimate of drug-likeness (QED) is 0.697.